The van der Waals surface area contributed by atoms with Crippen LogP contribution in [0.2, 0.25) is 0 Å². The molecular formula is C12H12N2O3S2. The van der Waals surface area contributed by atoms with E-state index in [1.807, 2.05) is 18.4 Å². The van der Waals surface area contributed by atoms with Gasteiger partial charge in [-0.3, -0.25) is 9.52 Å². The van der Waals surface area contributed by atoms with E-state index in [2.05, 4.69) is 9.71 Å². The Morgan fingerprint density at radius 1 is 1.11 bits per heavy atom. The van der Waals surface area contributed by atoms with Crippen molar-refractivity contribution in [1.29, 1.82) is 0 Å². The molecule has 0 saturated carbocycles. The van der Waals surface area contributed by atoms with Crippen LogP contribution in [0.1, 0.15) is 0 Å². The predicted octanol–water partition coefficient (Wildman–Crippen LogP) is 1.90. The molecule has 0 unspecified atom stereocenters. The number of hydrogen-bond donors (Lipinski definition) is 2. The van der Waals surface area contributed by atoms with Gasteiger partial charge in [0, 0.05) is 22.8 Å². The Labute approximate surface area is 115 Å². The summed E-state index contributed by atoms with van der Waals surface area (Å²) in [7, 11) is -3.68. The van der Waals surface area contributed by atoms with E-state index in [4.69, 9.17) is 0 Å². The minimum absolute atomic E-state index is 0.0149. The van der Waals surface area contributed by atoms with Crippen LogP contribution < -0.4 is 10.3 Å². The number of pyridine rings is 1. The van der Waals surface area contributed by atoms with Crippen molar-refractivity contribution in [3.8, 4) is 0 Å². The highest BCUT2D eigenvalue weighted by molar-refractivity contribution is 7.98. The van der Waals surface area contributed by atoms with Crippen LogP contribution in [0.25, 0.3) is 0 Å². The summed E-state index contributed by atoms with van der Waals surface area (Å²) in [6.45, 7) is 0. The quantitative estimate of drug-likeness (QED) is 0.845. The number of anilines is 1. The Bertz CT molecular complexity index is 701. The summed E-state index contributed by atoms with van der Waals surface area (Å²) in [6, 6.07) is 9.47. The van der Waals surface area contributed by atoms with Gasteiger partial charge in [0.15, 0.2) is 0 Å². The Hall–Kier alpha value is -1.73. The van der Waals surface area contributed by atoms with Gasteiger partial charge in [-0.25, -0.2) is 8.42 Å². The lowest BCUT2D eigenvalue weighted by Gasteiger charge is -2.08. The number of sulfonamides is 1. The smallest absolute Gasteiger partial charge is 0.263 e. The Morgan fingerprint density at radius 3 is 2.32 bits per heavy atom. The van der Waals surface area contributed by atoms with Gasteiger partial charge in [0.2, 0.25) is 5.56 Å². The van der Waals surface area contributed by atoms with E-state index < -0.39 is 10.0 Å². The zero-order chi connectivity index (χ0) is 13.9. The molecule has 0 fully saturated rings. The fraction of sp³-hybridized carbons (Fsp3) is 0.0833. The van der Waals surface area contributed by atoms with Gasteiger partial charge in [0.05, 0.1) is 0 Å². The molecule has 100 valence electrons. The van der Waals surface area contributed by atoms with E-state index >= 15 is 0 Å². The minimum Gasteiger partial charge on any atom is -0.328 e. The lowest BCUT2D eigenvalue weighted by atomic mass is 10.3. The average Bonchev–Trinajstić information content (AvgIpc) is 2.40. The number of aromatic amines is 1. The van der Waals surface area contributed by atoms with Crippen molar-refractivity contribution in [3.05, 3.63) is 52.9 Å². The number of nitrogens with one attached hydrogen (secondary N) is 2. The predicted molar refractivity (Wildman–Crippen MR) is 76.1 cm³/mol. The molecule has 1 heterocycles. The average molecular weight is 296 g/mol. The van der Waals surface area contributed by atoms with Gasteiger partial charge < -0.3 is 4.98 Å². The Morgan fingerprint density at radius 2 is 1.79 bits per heavy atom. The largest absolute Gasteiger partial charge is 0.328 e. The van der Waals surface area contributed by atoms with Crippen molar-refractivity contribution in [1.82, 2.24) is 4.98 Å². The maximum absolute atomic E-state index is 12.0. The lowest BCUT2D eigenvalue weighted by molar-refractivity contribution is 0.600. The molecule has 19 heavy (non-hydrogen) atoms. The molecule has 0 radical (unpaired) electrons. The topological polar surface area (TPSA) is 79.0 Å². The molecule has 0 spiro atoms. The normalized spacial score (nSPS) is 11.2. The van der Waals surface area contributed by atoms with Crippen LogP contribution in [0.3, 0.4) is 0 Å². The first-order valence-electron chi connectivity index (χ1n) is 5.37. The van der Waals surface area contributed by atoms with E-state index in [-0.39, 0.29) is 10.5 Å². The number of rotatable bonds is 4. The van der Waals surface area contributed by atoms with Crippen molar-refractivity contribution in [2.24, 2.45) is 0 Å². The van der Waals surface area contributed by atoms with Crippen LogP contribution >= 0.6 is 11.8 Å². The van der Waals surface area contributed by atoms with Crippen LogP contribution in [-0.4, -0.2) is 19.7 Å². The highest BCUT2D eigenvalue weighted by Crippen LogP contribution is 2.19. The van der Waals surface area contributed by atoms with Crippen LogP contribution in [0.4, 0.5) is 5.69 Å². The second kappa shape index (κ2) is 5.50. The molecule has 0 bridgehead atoms. The summed E-state index contributed by atoms with van der Waals surface area (Å²) in [4.78, 5) is 14.3. The highest BCUT2D eigenvalue weighted by Gasteiger charge is 2.13. The van der Waals surface area contributed by atoms with Crippen LogP contribution in [0.15, 0.2) is 57.2 Å². The SMILES string of the molecule is CSc1ccc(NS(=O)(=O)c2ccc(=O)[nH]c2)cc1. The molecule has 1 aromatic carbocycles. The van der Waals surface area contributed by atoms with Crippen molar-refractivity contribution >= 4 is 27.5 Å². The summed E-state index contributed by atoms with van der Waals surface area (Å²) in [6.07, 6.45) is 3.11. The fourth-order valence-electron chi connectivity index (χ4n) is 1.44. The van der Waals surface area contributed by atoms with Gasteiger partial charge in [-0.15, -0.1) is 11.8 Å². The van der Waals surface area contributed by atoms with Gasteiger partial charge in [-0.1, -0.05) is 0 Å². The lowest BCUT2D eigenvalue weighted by Crippen LogP contribution is -2.15. The molecule has 0 aliphatic rings. The van der Waals surface area contributed by atoms with Crippen LogP contribution in [0.5, 0.6) is 0 Å². The summed E-state index contributed by atoms with van der Waals surface area (Å²) in [5.74, 6) is 0. The minimum atomic E-state index is -3.68. The maximum Gasteiger partial charge on any atom is 0.263 e. The second-order valence-electron chi connectivity index (χ2n) is 3.72. The van der Waals surface area contributed by atoms with E-state index in [0.29, 0.717) is 5.69 Å². The fourth-order valence-corrected chi connectivity index (χ4v) is 2.87. The summed E-state index contributed by atoms with van der Waals surface area (Å²) in [5, 5.41) is 0. The van der Waals surface area contributed by atoms with Crippen molar-refractivity contribution in [3.63, 3.8) is 0 Å². The number of thioether (sulfide) groups is 1. The van der Waals surface area contributed by atoms with Crippen LogP contribution in [-0.2, 0) is 10.0 Å². The number of hydrogen-bond acceptors (Lipinski definition) is 4. The molecule has 0 amide bonds. The van der Waals surface area contributed by atoms with Crippen LogP contribution in [0, 0.1) is 0 Å². The summed E-state index contributed by atoms with van der Waals surface area (Å²) >= 11 is 1.58. The van der Waals surface area contributed by atoms with Crippen molar-refractivity contribution in [2.45, 2.75) is 9.79 Å². The first-order chi connectivity index (χ1) is 9.01. The Kier molecular flexibility index (Phi) is 3.96. The third-order valence-electron chi connectivity index (χ3n) is 2.41. The first kappa shape index (κ1) is 13.7. The Balaban J connectivity index is 2.25. The number of H-pyrrole nitrogens is 1. The zero-order valence-corrected chi connectivity index (χ0v) is 11.7. The molecule has 2 aromatic rings. The first-order valence-corrected chi connectivity index (χ1v) is 8.08. The number of aromatic nitrogens is 1. The molecule has 5 nitrogen and oxygen atoms in total. The van der Waals surface area contributed by atoms with Crippen molar-refractivity contribution < 1.29 is 8.42 Å². The summed E-state index contributed by atoms with van der Waals surface area (Å²) < 4.78 is 26.5. The molecule has 1 aromatic heterocycles. The zero-order valence-electron chi connectivity index (χ0n) is 10.1. The summed E-state index contributed by atoms with van der Waals surface area (Å²) in [5.41, 5.74) is 0.132. The molecule has 0 aliphatic heterocycles. The van der Waals surface area contributed by atoms with Gasteiger partial charge in [0.1, 0.15) is 4.90 Å². The molecule has 2 N–H and O–H groups in total. The molecule has 0 atom stereocenters. The van der Waals surface area contributed by atoms with E-state index in [1.165, 1.54) is 18.3 Å². The third kappa shape index (κ3) is 3.39. The van der Waals surface area contributed by atoms with E-state index in [1.54, 1.807) is 23.9 Å². The maximum atomic E-state index is 12.0. The molecule has 0 saturated heterocycles. The molecule has 0 aliphatic carbocycles. The second-order valence-corrected chi connectivity index (χ2v) is 6.28. The van der Waals surface area contributed by atoms with E-state index in [0.717, 1.165) is 4.90 Å². The molecule has 2 rings (SSSR count). The molecule has 7 heteroatoms. The third-order valence-corrected chi connectivity index (χ3v) is 4.53. The van der Waals surface area contributed by atoms with Gasteiger partial charge >= 0.3 is 0 Å². The van der Waals surface area contributed by atoms with Gasteiger partial charge in [0.25, 0.3) is 10.0 Å². The van der Waals surface area contributed by atoms with Crippen molar-refractivity contribution in [2.75, 3.05) is 11.0 Å². The highest BCUT2D eigenvalue weighted by atomic mass is 32.2. The monoisotopic (exact) mass is 296 g/mol. The molecular weight excluding hydrogens is 284 g/mol. The van der Waals surface area contributed by atoms with E-state index in [9.17, 15) is 13.2 Å². The van der Waals surface area contributed by atoms with Gasteiger partial charge in [-0.2, -0.15) is 0 Å². The standard InChI is InChI=1S/C12H12N2O3S2/c1-18-10-4-2-9(3-5-10)14-19(16,17)11-6-7-12(15)13-8-11/h2-8,14H,1H3,(H,13,15). The number of benzene rings is 1. The van der Waals surface area contributed by atoms with Gasteiger partial charge in [-0.05, 0) is 36.6 Å².